The Morgan fingerprint density at radius 1 is 1.29 bits per heavy atom. The molecule has 2 rings (SSSR count). The van der Waals surface area contributed by atoms with Gasteiger partial charge in [0, 0.05) is 10.5 Å². The molecule has 3 nitrogen and oxygen atoms in total. The Morgan fingerprint density at radius 3 is 2.57 bits per heavy atom. The minimum absolute atomic E-state index is 0.0655. The van der Waals surface area contributed by atoms with Gasteiger partial charge in [0.05, 0.1) is 22.4 Å². The quantitative estimate of drug-likeness (QED) is 0.753. The predicted molar refractivity (Wildman–Crippen MR) is 89.9 cm³/mol. The zero-order valence-electron chi connectivity index (χ0n) is 12.2. The molecule has 0 amide bonds. The minimum atomic E-state index is -0.252. The van der Waals surface area contributed by atoms with E-state index in [1.807, 2.05) is 4.68 Å². The summed E-state index contributed by atoms with van der Waals surface area (Å²) in [6, 6.07) is 4.95. The normalized spacial score (nSPS) is 12.9. The lowest BCUT2D eigenvalue weighted by Crippen LogP contribution is -2.26. The Morgan fingerprint density at radius 2 is 2.00 bits per heavy atom. The maximum atomic E-state index is 13.3. The van der Waals surface area contributed by atoms with Crippen LogP contribution in [-0.4, -0.2) is 16.3 Å². The van der Waals surface area contributed by atoms with Crippen LogP contribution in [0.25, 0.3) is 0 Å². The standard InChI is InChI=1S/C15H18Br2FN3/c1-4-19-14(11-6-5-10(18)7-12(11)16)15-13(17)8-20-21(15)9(2)3/h5-9,14,19H,4H2,1-3H3. The van der Waals surface area contributed by atoms with E-state index in [-0.39, 0.29) is 17.9 Å². The highest BCUT2D eigenvalue weighted by Crippen LogP contribution is 2.34. The first-order chi connectivity index (χ1) is 9.95. The molecule has 1 unspecified atom stereocenters. The van der Waals surface area contributed by atoms with Crippen molar-refractivity contribution in [3.63, 3.8) is 0 Å². The minimum Gasteiger partial charge on any atom is -0.305 e. The van der Waals surface area contributed by atoms with E-state index in [2.05, 4.69) is 63.0 Å². The summed E-state index contributed by atoms with van der Waals surface area (Å²) in [5.74, 6) is -0.252. The number of halogens is 3. The van der Waals surface area contributed by atoms with E-state index < -0.39 is 0 Å². The van der Waals surface area contributed by atoms with E-state index in [1.165, 1.54) is 12.1 Å². The number of aromatic nitrogens is 2. The fourth-order valence-electron chi connectivity index (χ4n) is 2.33. The molecule has 0 bridgehead atoms. The summed E-state index contributed by atoms with van der Waals surface area (Å²) in [6.45, 7) is 7.02. The molecule has 114 valence electrons. The Kier molecular flexibility index (Phi) is 5.57. The van der Waals surface area contributed by atoms with Crippen LogP contribution in [0.1, 0.15) is 44.1 Å². The van der Waals surface area contributed by atoms with Crippen molar-refractivity contribution in [1.82, 2.24) is 15.1 Å². The van der Waals surface area contributed by atoms with Gasteiger partial charge in [-0.25, -0.2) is 4.39 Å². The van der Waals surface area contributed by atoms with Crippen LogP contribution in [0.4, 0.5) is 4.39 Å². The van der Waals surface area contributed by atoms with E-state index in [1.54, 1.807) is 12.3 Å². The third kappa shape index (κ3) is 3.55. The Hall–Kier alpha value is -0.720. The van der Waals surface area contributed by atoms with Crippen LogP contribution in [0, 0.1) is 5.82 Å². The summed E-state index contributed by atoms with van der Waals surface area (Å²) >= 11 is 7.04. The van der Waals surface area contributed by atoms with Gasteiger partial charge in [0.1, 0.15) is 5.82 Å². The van der Waals surface area contributed by atoms with Gasteiger partial charge in [-0.3, -0.25) is 4.68 Å². The molecule has 0 saturated carbocycles. The molecule has 1 atom stereocenters. The molecule has 1 aromatic heterocycles. The van der Waals surface area contributed by atoms with Gasteiger partial charge in [0.2, 0.25) is 0 Å². The number of hydrogen-bond donors (Lipinski definition) is 1. The fourth-order valence-corrected chi connectivity index (χ4v) is 3.41. The average Bonchev–Trinajstić information content (AvgIpc) is 2.79. The Labute approximate surface area is 141 Å². The summed E-state index contributed by atoms with van der Waals surface area (Å²) < 4.78 is 17.0. The molecule has 1 heterocycles. The van der Waals surface area contributed by atoms with Crippen molar-refractivity contribution in [2.75, 3.05) is 6.54 Å². The van der Waals surface area contributed by atoms with Gasteiger partial charge in [0.25, 0.3) is 0 Å². The van der Waals surface area contributed by atoms with Crippen molar-refractivity contribution in [3.05, 3.63) is 50.4 Å². The van der Waals surface area contributed by atoms with Gasteiger partial charge in [-0.15, -0.1) is 0 Å². The molecule has 2 aromatic rings. The zero-order chi connectivity index (χ0) is 15.6. The van der Waals surface area contributed by atoms with Crippen LogP contribution in [0.3, 0.4) is 0 Å². The molecular formula is C15H18Br2FN3. The molecule has 6 heteroatoms. The van der Waals surface area contributed by atoms with Gasteiger partial charge in [0.15, 0.2) is 0 Å². The third-order valence-corrected chi connectivity index (χ3v) is 4.53. The molecule has 0 aliphatic heterocycles. The lowest BCUT2D eigenvalue weighted by atomic mass is 10.0. The SMILES string of the molecule is CCNC(c1ccc(F)cc1Br)c1c(Br)cnn1C(C)C. The highest BCUT2D eigenvalue weighted by molar-refractivity contribution is 9.10. The lowest BCUT2D eigenvalue weighted by Gasteiger charge is -2.23. The maximum absolute atomic E-state index is 13.3. The van der Waals surface area contributed by atoms with E-state index in [0.29, 0.717) is 0 Å². The zero-order valence-corrected chi connectivity index (χ0v) is 15.4. The summed E-state index contributed by atoms with van der Waals surface area (Å²) in [6.07, 6.45) is 1.80. The van der Waals surface area contributed by atoms with Crippen molar-refractivity contribution >= 4 is 31.9 Å². The van der Waals surface area contributed by atoms with Gasteiger partial charge in [-0.2, -0.15) is 5.10 Å². The molecule has 21 heavy (non-hydrogen) atoms. The second-order valence-corrected chi connectivity index (χ2v) is 6.78. The molecular weight excluding hydrogens is 401 g/mol. The molecule has 0 fully saturated rings. The van der Waals surface area contributed by atoms with Crippen LogP contribution in [0.2, 0.25) is 0 Å². The van der Waals surface area contributed by atoms with Crippen LogP contribution in [0.15, 0.2) is 33.3 Å². The number of rotatable bonds is 5. The molecule has 0 spiro atoms. The summed E-state index contributed by atoms with van der Waals surface area (Å²) in [4.78, 5) is 0. The molecule has 0 radical (unpaired) electrons. The maximum Gasteiger partial charge on any atom is 0.124 e. The van der Waals surface area contributed by atoms with E-state index in [4.69, 9.17) is 0 Å². The topological polar surface area (TPSA) is 29.9 Å². The first-order valence-corrected chi connectivity index (χ1v) is 8.45. The smallest absolute Gasteiger partial charge is 0.124 e. The lowest BCUT2D eigenvalue weighted by molar-refractivity contribution is 0.474. The Balaban J connectivity index is 2.56. The first kappa shape index (κ1) is 16.6. The molecule has 1 N–H and O–H groups in total. The Bertz CT molecular complexity index is 625. The van der Waals surface area contributed by atoms with Crippen LogP contribution in [0.5, 0.6) is 0 Å². The van der Waals surface area contributed by atoms with Crippen LogP contribution in [-0.2, 0) is 0 Å². The predicted octanol–water partition coefficient (Wildman–Crippen LogP) is 4.83. The highest BCUT2D eigenvalue weighted by atomic mass is 79.9. The number of nitrogens with one attached hydrogen (secondary N) is 1. The fraction of sp³-hybridized carbons (Fsp3) is 0.400. The van der Waals surface area contributed by atoms with E-state index in [9.17, 15) is 4.39 Å². The summed E-state index contributed by atoms with van der Waals surface area (Å²) in [5.41, 5.74) is 2.03. The summed E-state index contributed by atoms with van der Waals surface area (Å²) in [5, 5.41) is 7.89. The largest absolute Gasteiger partial charge is 0.305 e. The molecule has 1 aromatic carbocycles. The van der Waals surface area contributed by atoms with Gasteiger partial charge < -0.3 is 5.32 Å². The van der Waals surface area contributed by atoms with Gasteiger partial charge in [-0.05, 0) is 54.0 Å². The van der Waals surface area contributed by atoms with E-state index >= 15 is 0 Å². The average molecular weight is 419 g/mol. The van der Waals surface area contributed by atoms with Crippen molar-refractivity contribution in [2.24, 2.45) is 0 Å². The second-order valence-electron chi connectivity index (χ2n) is 5.07. The van der Waals surface area contributed by atoms with Gasteiger partial charge >= 0.3 is 0 Å². The van der Waals surface area contributed by atoms with Crippen LogP contribution < -0.4 is 5.32 Å². The number of nitrogens with zero attached hydrogens (tertiary/aromatic N) is 2. The van der Waals surface area contributed by atoms with Crippen molar-refractivity contribution in [2.45, 2.75) is 32.9 Å². The highest BCUT2D eigenvalue weighted by Gasteiger charge is 2.24. The van der Waals surface area contributed by atoms with E-state index in [0.717, 1.165) is 26.7 Å². The number of hydrogen-bond acceptors (Lipinski definition) is 2. The monoisotopic (exact) mass is 417 g/mol. The first-order valence-electron chi connectivity index (χ1n) is 6.87. The summed E-state index contributed by atoms with van der Waals surface area (Å²) in [7, 11) is 0. The third-order valence-electron chi connectivity index (χ3n) is 3.23. The number of benzene rings is 1. The van der Waals surface area contributed by atoms with Gasteiger partial charge in [-0.1, -0.05) is 28.9 Å². The molecule has 0 aliphatic rings. The second kappa shape index (κ2) is 7.03. The van der Waals surface area contributed by atoms with Crippen LogP contribution >= 0.6 is 31.9 Å². The molecule has 0 aliphatic carbocycles. The van der Waals surface area contributed by atoms with Crippen molar-refractivity contribution in [1.29, 1.82) is 0 Å². The van der Waals surface area contributed by atoms with Crippen molar-refractivity contribution < 1.29 is 4.39 Å². The van der Waals surface area contributed by atoms with Crippen molar-refractivity contribution in [3.8, 4) is 0 Å². The molecule has 0 saturated heterocycles.